The highest BCUT2D eigenvalue weighted by Gasteiger charge is 2.16. The molecule has 1 aliphatic rings. The van der Waals surface area contributed by atoms with Gasteiger partial charge in [0, 0.05) is 18.3 Å². The molecule has 1 rings (SSSR count). The maximum Gasteiger partial charge on any atom is 0.221 e. The maximum absolute atomic E-state index is 11.0. The smallest absolute Gasteiger partial charge is 0.221 e. The summed E-state index contributed by atoms with van der Waals surface area (Å²) in [7, 11) is 0. The fraction of sp³-hybridized carbons (Fsp3) is 0.875. The van der Waals surface area contributed by atoms with Gasteiger partial charge in [0.2, 0.25) is 5.91 Å². The first-order chi connectivity index (χ1) is 5.33. The molecule has 0 spiro atoms. The van der Waals surface area contributed by atoms with E-state index in [0.29, 0.717) is 18.3 Å². The van der Waals surface area contributed by atoms with Crippen molar-refractivity contribution in [2.24, 2.45) is 0 Å². The zero-order chi connectivity index (χ0) is 8.10. The number of alkyl halides is 1. The molecule has 0 aliphatic heterocycles. The Morgan fingerprint density at radius 1 is 1.45 bits per heavy atom. The van der Waals surface area contributed by atoms with Crippen LogP contribution in [0.15, 0.2) is 0 Å². The standard InChI is InChI=1S/C8H14ClNO/c9-6-5-8(11)10-7-3-1-2-4-7/h7H,1-6H2,(H,10,11). The van der Waals surface area contributed by atoms with Crippen LogP contribution in [0.2, 0.25) is 0 Å². The Balaban J connectivity index is 2.13. The summed E-state index contributed by atoms with van der Waals surface area (Å²) in [6.07, 6.45) is 5.26. The number of carbonyl (C=O) groups is 1. The van der Waals surface area contributed by atoms with Gasteiger partial charge in [-0.05, 0) is 12.8 Å². The van der Waals surface area contributed by atoms with Crippen LogP contribution in [0.1, 0.15) is 32.1 Å². The molecule has 3 heteroatoms. The van der Waals surface area contributed by atoms with Gasteiger partial charge in [-0.2, -0.15) is 0 Å². The van der Waals surface area contributed by atoms with Crippen LogP contribution in [0.5, 0.6) is 0 Å². The molecule has 0 aromatic heterocycles. The van der Waals surface area contributed by atoms with Crippen LogP contribution >= 0.6 is 11.6 Å². The van der Waals surface area contributed by atoms with E-state index in [1.807, 2.05) is 0 Å². The molecule has 0 heterocycles. The van der Waals surface area contributed by atoms with E-state index in [4.69, 9.17) is 11.6 Å². The molecule has 0 unspecified atom stereocenters. The number of rotatable bonds is 3. The van der Waals surface area contributed by atoms with Gasteiger partial charge >= 0.3 is 0 Å². The molecular weight excluding hydrogens is 162 g/mol. The van der Waals surface area contributed by atoms with Crippen LogP contribution in [-0.2, 0) is 4.79 Å². The van der Waals surface area contributed by atoms with Gasteiger partial charge in [0.25, 0.3) is 0 Å². The predicted molar refractivity (Wildman–Crippen MR) is 45.7 cm³/mol. The van der Waals surface area contributed by atoms with Crippen LogP contribution in [0.4, 0.5) is 0 Å². The fourth-order valence-corrected chi connectivity index (χ4v) is 1.63. The van der Waals surface area contributed by atoms with E-state index >= 15 is 0 Å². The van der Waals surface area contributed by atoms with Crippen LogP contribution in [-0.4, -0.2) is 17.8 Å². The predicted octanol–water partition coefficient (Wildman–Crippen LogP) is 1.67. The Labute approximate surface area is 72.3 Å². The third kappa shape index (κ3) is 3.10. The molecule has 1 N–H and O–H groups in total. The van der Waals surface area contributed by atoms with Crippen molar-refractivity contribution in [3.63, 3.8) is 0 Å². The molecule has 11 heavy (non-hydrogen) atoms. The number of hydrogen-bond donors (Lipinski definition) is 1. The maximum atomic E-state index is 11.0. The minimum absolute atomic E-state index is 0.104. The summed E-state index contributed by atoms with van der Waals surface area (Å²) < 4.78 is 0. The van der Waals surface area contributed by atoms with E-state index in [0.717, 1.165) is 12.8 Å². The highest BCUT2D eigenvalue weighted by molar-refractivity contribution is 6.18. The number of halogens is 1. The van der Waals surface area contributed by atoms with Crippen molar-refractivity contribution >= 4 is 17.5 Å². The first-order valence-electron chi connectivity index (χ1n) is 4.18. The fourth-order valence-electron chi connectivity index (χ4n) is 1.46. The zero-order valence-electron chi connectivity index (χ0n) is 6.61. The Hall–Kier alpha value is -0.240. The van der Waals surface area contributed by atoms with E-state index < -0.39 is 0 Å². The van der Waals surface area contributed by atoms with Crippen LogP contribution in [0.25, 0.3) is 0 Å². The van der Waals surface area contributed by atoms with Crippen molar-refractivity contribution in [2.75, 3.05) is 5.88 Å². The summed E-state index contributed by atoms with van der Waals surface area (Å²) >= 11 is 5.42. The minimum atomic E-state index is 0.104. The molecule has 1 amide bonds. The summed E-state index contributed by atoms with van der Waals surface area (Å²) in [5.74, 6) is 0.533. The second-order valence-corrected chi connectivity index (χ2v) is 3.37. The zero-order valence-corrected chi connectivity index (χ0v) is 7.36. The normalized spacial score (nSPS) is 18.6. The molecule has 0 aromatic rings. The Morgan fingerprint density at radius 2 is 2.09 bits per heavy atom. The lowest BCUT2D eigenvalue weighted by atomic mass is 10.2. The summed E-state index contributed by atoms with van der Waals surface area (Å²) in [5, 5.41) is 2.96. The lowest BCUT2D eigenvalue weighted by Gasteiger charge is -2.10. The lowest BCUT2D eigenvalue weighted by molar-refractivity contribution is -0.121. The molecule has 64 valence electrons. The summed E-state index contributed by atoms with van der Waals surface area (Å²) in [5.41, 5.74) is 0. The molecule has 0 bridgehead atoms. The van der Waals surface area contributed by atoms with Crippen LogP contribution in [0, 0.1) is 0 Å². The average Bonchev–Trinajstić information content (AvgIpc) is 2.40. The molecule has 1 fully saturated rings. The largest absolute Gasteiger partial charge is 0.353 e. The number of hydrogen-bond acceptors (Lipinski definition) is 1. The van der Waals surface area contributed by atoms with E-state index in [-0.39, 0.29) is 5.91 Å². The van der Waals surface area contributed by atoms with E-state index in [9.17, 15) is 4.79 Å². The first-order valence-corrected chi connectivity index (χ1v) is 4.71. The molecular formula is C8H14ClNO. The van der Waals surface area contributed by atoms with E-state index in [1.165, 1.54) is 12.8 Å². The van der Waals surface area contributed by atoms with Gasteiger partial charge in [-0.1, -0.05) is 12.8 Å². The van der Waals surface area contributed by atoms with Crippen molar-refractivity contribution < 1.29 is 4.79 Å². The second-order valence-electron chi connectivity index (χ2n) is 2.99. The molecule has 0 aromatic carbocycles. The van der Waals surface area contributed by atoms with Gasteiger partial charge in [-0.3, -0.25) is 4.79 Å². The first kappa shape index (κ1) is 8.85. The van der Waals surface area contributed by atoms with Crippen molar-refractivity contribution in [1.29, 1.82) is 0 Å². The van der Waals surface area contributed by atoms with Crippen LogP contribution in [0.3, 0.4) is 0 Å². The molecule has 2 nitrogen and oxygen atoms in total. The highest BCUT2D eigenvalue weighted by atomic mass is 35.5. The van der Waals surface area contributed by atoms with E-state index in [1.54, 1.807) is 0 Å². The monoisotopic (exact) mass is 175 g/mol. The lowest BCUT2D eigenvalue weighted by Crippen LogP contribution is -2.32. The Morgan fingerprint density at radius 3 is 2.64 bits per heavy atom. The molecule has 0 radical (unpaired) electrons. The van der Waals surface area contributed by atoms with Gasteiger partial charge in [-0.25, -0.2) is 0 Å². The highest BCUT2D eigenvalue weighted by Crippen LogP contribution is 2.17. The SMILES string of the molecule is O=C(CCCl)NC1CCCC1. The molecule has 1 aliphatic carbocycles. The minimum Gasteiger partial charge on any atom is -0.353 e. The third-order valence-electron chi connectivity index (χ3n) is 2.04. The quantitative estimate of drug-likeness (QED) is 0.650. The molecule has 0 atom stereocenters. The Kier molecular flexibility index (Phi) is 3.70. The van der Waals surface area contributed by atoms with Crippen molar-refractivity contribution in [3.05, 3.63) is 0 Å². The number of amides is 1. The van der Waals surface area contributed by atoms with Gasteiger partial charge in [0.05, 0.1) is 0 Å². The Bertz CT molecular complexity index is 132. The molecule has 1 saturated carbocycles. The van der Waals surface area contributed by atoms with Gasteiger partial charge in [0.15, 0.2) is 0 Å². The average molecular weight is 176 g/mol. The van der Waals surface area contributed by atoms with Gasteiger partial charge < -0.3 is 5.32 Å². The van der Waals surface area contributed by atoms with Crippen molar-refractivity contribution in [1.82, 2.24) is 5.32 Å². The third-order valence-corrected chi connectivity index (χ3v) is 2.23. The van der Waals surface area contributed by atoms with Gasteiger partial charge in [0.1, 0.15) is 0 Å². The number of carbonyl (C=O) groups excluding carboxylic acids is 1. The summed E-state index contributed by atoms with van der Waals surface area (Å²) in [6, 6.07) is 0.436. The van der Waals surface area contributed by atoms with Gasteiger partial charge in [-0.15, -0.1) is 11.6 Å². The summed E-state index contributed by atoms with van der Waals surface area (Å²) in [6.45, 7) is 0. The summed E-state index contributed by atoms with van der Waals surface area (Å²) in [4.78, 5) is 11.0. The van der Waals surface area contributed by atoms with E-state index in [2.05, 4.69) is 5.32 Å². The molecule has 0 saturated heterocycles. The van der Waals surface area contributed by atoms with Crippen molar-refractivity contribution in [3.8, 4) is 0 Å². The van der Waals surface area contributed by atoms with Crippen molar-refractivity contribution in [2.45, 2.75) is 38.1 Å². The topological polar surface area (TPSA) is 29.1 Å². The van der Waals surface area contributed by atoms with Crippen LogP contribution < -0.4 is 5.32 Å². The second kappa shape index (κ2) is 4.60. The number of nitrogens with one attached hydrogen (secondary N) is 1.